The normalized spacial score (nSPS) is 13.0. The Labute approximate surface area is 178 Å². The molecule has 1 aliphatic heterocycles. The van der Waals surface area contributed by atoms with Crippen LogP contribution in [0.2, 0.25) is 0 Å². The second kappa shape index (κ2) is 10.1. The summed E-state index contributed by atoms with van der Waals surface area (Å²) in [6.45, 7) is 5.43. The summed E-state index contributed by atoms with van der Waals surface area (Å²) in [6.07, 6.45) is 3.69. The molecule has 0 saturated heterocycles. The Bertz CT molecular complexity index is 893. The second-order valence-corrected chi connectivity index (χ2v) is 7.53. The molecule has 0 aromatic heterocycles. The molecule has 0 bridgehead atoms. The van der Waals surface area contributed by atoms with Crippen molar-refractivity contribution in [2.45, 2.75) is 46.1 Å². The van der Waals surface area contributed by atoms with E-state index >= 15 is 0 Å². The Morgan fingerprint density at radius 2 is 1.90 bits per heavy atom. The fourth-order valence-electron chi connectivity index (χ4n) is 3.54. The van der Waals surface area contributed by atoms with Gasteiger partial charge in [-0.2, -0.15) is 0 Å². The monoisotopic (exact) mass is 410 g/mol. The van der Waals surface area contributed by atoms with Gasteiger partial charge in [-0.15, -0.1) is 0 Å². The molecule has 0 unspecified atom stereocenters. The average molecular weight is 411 g/mol. The number of unbranched alkanes of at least 4 members (excludes halogenated alkanes) is 2. The maximum absolute atomic E-state index is 13.0. The molecule has 3 amide bonds. The Morgan fingerprint density at radius 3 is 2.60 bits per heavy atom. The van der Waals surface area contributed by atoms with Crippen LogP contribution in [0.15, 0.2) is 36.4 Å². The second-order valence-electron chi connectivity index (χ2n) is 7.53. The molecular formula is C24H30N2O4. The fourth-order valence-corrected chi connectivity index (χ4v) is 3.54. The van der Waals surface area contributed by atoms with Gasteiger partial charge in [0.1, 0.15) is 0 Å². The van der Waals surface area contributed by atoms with Crippen molar-refractivity contribution in [1.82, 2.24) is 10.2 Å². The number of urea groups is 1. The van der Waals surface area contributed by atoms with Crippen LogP contribution in [0.25, 0.3) is 0 Å². The first-order valence-corrected chi connectivity index (χ1v) is 10.5. The van der Waals surface area contributed by atoms with Gasteiger partial charge in [0.2, 0.25) is 0 Å². The quantitative estimate of drug-likeness (QED) is 0.652. The number of hydrogen-bond donors (Lipinski definition) is 1. The van der Waals surface area contributed by atoms with Crippen molar-refractivity contribution in [3.8, 4) is 11.5 Å². The van der Waals surface area contributed by atoms with E-state index in [0.29, 0.717) is 43.2 Å². The van der Waals surface area contributed by atoms with Crippen LogP contribution in [-0.2, 0) is 13.0 Å². The standard InChI is InChI=1S/C24H30N2O4/c1-4-5-6-15-30-22-19-13-14-26(23(27)20(19)11-12-21(22)29-3)24(28)25-16-18-9-7-17(2)8-10-18/h7-12H,4-6,13-16H2,1-3H3,(H,25,28). The predicted molar refractivity (Wildman–Crippen MR) is 116 cm³/mol. The first-order chi connectivity index (χ1) is 14.5. The van der Waals surface area contributed by atoms with E-state index in [0.717, 1.165) is 36.0 Å². The highest BCUT2D eigenvalue weighted by Gasteiger charge is 2.32. The number of hydrogen-bond acceptors (Lipinski definition) is 4. The van der Waals surface area contributed by atoms with Gasteiger partial charge in [0.25, 0.3) is 5.91 Å². The molecule has 2 aromatic carbocycles. The topological polar surface area (TPSA) is 67.9 Å². The summed E-state index contributed by atoms with van der Waals surface area (Å²) in [5.41, 5.74) is 3.47. The summed E-state index contributed by atoms with van der Waals surface area (Å²) in [5, 5.41) is 2.85. The third kappa shape index (κ3) is 4.93. The molecular weight excluding hydrogens is 380 g/mol. The zero-order valence-corrected chi connectivity index (χ0v) is 18.0. The van der Waals surface area contributed by atoms with E-state index in [2.05, 4.69) is 12.2 Å². The van der Waals surface area contributed by atoms with Gasteiger partial charge in [0, 0.05) is 24.2 Å². The summed E-state index contributed by atoms with van der Waals surface area (Å²) in [4.78, 5) is 26.9. The highest BCUT2D eigenvalue weighted by molar-refractivity contribution is 6.06. The molecule has 1 heterocycles. The Balaban J connectivity index is 1.71. The van der Waals surface area contributed by atoms with Crippen LogP contribution in [0.1, 0.15) is 53.2 Å². The molecule has 6 heteroatoms. The Kier molecular flexibility index (Phi) is 7.33. The van der Waals surface area contributed by atoms with Crippen molar-refractivity contribution in [3.05, 3.63) is 58.7 Å². The van der Waals surface area contributed by atoms with Crippen molar-refractivity contribution >= 4 is 11.9 Å². The average Bonchev–Trinajstić information content (AvgIpc) is 2.76. The van der Waals surface area contributed by atoms with Crippen molar-refractivity contribution in [2.24, 2.45) is 0 Å². The minimum atomic E-state index is -0.382. The van der Waals surface area contributed by atoms with Crippen LogP contribution in [-0.4, -0.2) is 37.1 Å². The highest BCUT2D eigenvalue weighted by atomic mass is 16.5. The van der Waals surface area contributed by atoms with Gasteiger partial charge in [0.15, 0.2) is 11.5 Å². The summed E-state index contributed by atoms with van der Waals surface area (Å²) >= 11 is 0. The maximum atomic E-state index is 13.0. The summed E-state index contributed by atoms with van der Waals surface area (Å²) in [6, 6.07) is 11.0. The summed E-state index contributed by atoms with van der Waals surface area (Å²) in [5.74, 6) is 0.938. The number of rotatable bonds is 8. The summed E-state index contributed by atoms with van der Waals surface area (Å²) in [7, 11) is 1.59. The molecule has 30 heavy (non-hydrogen) atoms. The van der Waals surface area contributed by atoms with Gasteiger partial charge in [-0.1, -0.05) is 49.6 Å². The number of fused-ring (bicyclic) bond motifs is 1. The molecule has 1 aliphatic rings. The molecule has 0 radical (unpaired) electrons. The lowest BCUT2D eigenvalue weighted by Gasteiger charge is -2.29. The van der Waals surface area contributed by atoms with Crippen molar-refractivity contribution in [3.63, 3.8) is 0 Å². The van der Waals surface area contributed by atoms with E-state index in [1.54, 1.807) is 19.2 Å². The smallest absolute Gasteiger partial charge is 0.324 e. The van der Waals surface area contributed by atoms with Gasteiger partial charge in [-0.05, 0) is 37.5 Å². The minimum Gasteiger partial charge on any atom is -0.493 e. The summed E-state index contributed by atoms with van der Waals surface area (Å²) < 4.78 is 11.4. The van der Waals surface area contributed by atoms with E-state index in [9.17, 15) is 9.59 Å². The number of carbonyl (C=O) groups is 2. The van der Waals surface area contributed by atoms with Crippen LogP contribution >= 0.6 is 0 Å². The lowest BCUT2D eigenvalue weighted by molar-refractivity contribution is 0.0784. The Morgan fingerprint density at radius 1 is 1.13 bits per heavy atom. The molecule has 2 aromatic rings. The number of imide groups is 1. The molecule has 0 aliphatic carbocycles. The van der Waals surface area contributed by atoms with Gasteiger partial charge >= 0.3 is 6.03 Å². The number of aryl methyl sites for hydroxylation is 1. The molecule has 0 atom stereocenters. The molecule has 6 nitrogen and oxygen atoms in total. The number of ether oxygens (including phenoxy) is 2. The number of carbonyl (C=O) groups excluding carboxylic acids is 2. The highest BCUT2D eigenvalue weighted by Crippen LogP contribution is 2.36. The lowest BCUT2D eigenvalue weighted by atomic mass is 9.97. The zero-order chi connectivity index (χ0) is 21.5. The van der Waals surface area contributed by atoms with Gasteiger partial charge < -0.3 is 14.8 Å². The number of nitrogens with zero attached hydrogens (tertiary/aromatic N) is 1. The first kappa shape index (κ1) is 21.7. The van der Waals surface area contributed by atoms with E-state index < -0.39 is 0 Å². The van der Waals surface area contributed by atoms with Gasteiger partial charge in [0.05, 0.1) is 13.7 Å². The minimum absolute atomic E-state index is 0.307. The van der Waals surface area contributed by atoms with Crippen molar-refractivity contribution < 1.29 is 19.1 Å². The van der Waals surface area contributed by atoms with E-state index in [4.69, 9.17) is 9.47 Å². The van der Waals surface area contributed by atoms with Gasteiger partial charge in [-0.3, -0.25) is 9.69 Å². The number of amides is 3. The largest absolute Gasteiger partial charge is 0.493 e. The van der Waals surface area contributed by atoms with Crippen molar-refractivity contribution in [2.75, 3.05) is 20.3 Å². The van der Waals surface area contributed by atoms with E-state index in [1.165, 1.54) is 4.90 Å². The van der Waals surface area contributed by atoms with Crippen LogP contribution < -0.4 is 14.8 Å². The number of methoxy groups -OCH3 is 1. The molecule has 1 N–H and O–H groups in total. The Hall–Kier alpha value is -3.02. The molecule has 160 valence electrons. The van der Waals surface area contributed by atoms with Crippen LogP contribution in [0.5, 0.6) is 11.5 Å². The lowest BCUT2D eigenvalue weighted by Crippen LogP contribution is -2.47. The SMILES string of the molecule is CCCCCOc1c(OC)ccc2c1CCN(C(=O)NCc1ccc(C)cc1)C2=O. The number of nitrogens with one attached hydrogen (secondary N) is 1. The van der Waals surface area contributed by atoms with Crippen LogP contribution in [0, 0.1) is 6.92 Å². The molecule has 0 spiro atoms. The van der Waals surface area contributed by atoms with Crippen LogP contribution in [0.4, 0.5) is 4.79 Å². The van der Waals surface area contributed by atoms with E-state index in [-0.39, 0.29) is 11.9 Å². The third-order valence-corrected chi connectivity index (χ3v) is 5.31. The van der Waals surface area contributed by atoms with Crippen LogP contribution in [0.3, 0.4) is 0 Å². The predicted octanol–water partition coefficient (Wildman–Crippen LogP) is 4.48. The third-order valence-electron chi connectivity index (χ3n) is 5.31. The zero-order valence-electron chi connectivity index (χ0n) is 18.0. The van der Waals surface area contributed by atoms with Gasteiger partial charge in [-0.25, -0.2) is 4.79 Å². The van der Waals surface area contributed by atoms with Crippen molar-refractivity contribution in [1.29, 1.82) is 0 Å². The first-order valence-electron chi connectivity index (χ1n) is 10.5. The van der Waals surface area contributed by atoms with E-state index in [1.807, 2.05) is 31.2 Å². The maximum Gasteiger partial charge on any atom is 0.324 e. The molecule has 0 fully saturated rings. The number of benzene rings is 2. The molecule has 0 saturated carbocycles. The fraction of sp³-hybridized carbons (Fsp3) is 0.417. The molecule has 3 rings (SSSR count).